The van der Waals surface area contributed by atoms with E-state index in [9.17, 15) is 13.2 Å². The van der Waals surface area contributed by atoms with Gasteiger partial charge in [-0.15, -0.1) is 0 Å². The van der Waals surface area contributed by atoms with Crippen molar-refractivity contribution in [2.24, 2.45) is 5.92 Å². The van der Waals surface area contributed by atoms with Crippen molar-refractivity contribution in [3.8, 4) is 16.9 Å². The zero-order valence-corrected chi connectivity index (χ0v) is 23.3. The van der Waals surface area contributed by atoms with E-state index in [2.05, 4.69) is 24.4 Å². The first-order valence-corrected chi connectivity index (χ1v) is 15.4. The molecule has 38 heavy (non-hydrogen) atoms. The fourth-order valence-corrected chi connectivity index (χ4v) is 7.22. The maximum atomic E-state index is 13.8. The number of aromatic nitrogens is 2. The SMILES string of the molecule is CCCCC(CC)C(=O)c1nn(-c2ccc(CC3CNCCO3)cc2)c2c1CS(=O)(=O)c1cc(C)ccc1-2. The molecular formula is C30H37N3O4S. The Bertz CT molecular complexity index is 1420. The van der Waals surface area contributed by atoms with Crippen LogP contribution in [0.5, 0.6) is 0 Å². The Balaban J connectivity index is 1.60. The second kappa shape index (κ2) is 11.1. The molecule has 1 aromatic heterocycles. The van der Waals surface area contributed by atoms with Crippen molar-refractivity contribution >= 4 is 15.6 Å². The van der Waals surface area contributed by atoms with Crippen molar-refractivity contribution in [1.82, 2.24) is 15.1 Å². The molecule has 0 saturated carbocycles. The van der Waals surface area contributed by atoms with Crippen LogP contribution in [0.25, 0.3) is 16.9 Å². The molecule has 1 fully saturated rings. The molecule has 0 spiro atoms. The maximum absolute atomic E-state index is 13.8. The molecule has 5 rings (SSSR count). The molecule has 1 N–H and O–H groups in total. The predicted molar refractivity (Wildman–Crippen MR) is 149 cm³/mol. The van der Waals surface area contributed by atoms with E-state index in [1.807, 2.05) is 38.1 Å². The van der Waals surface area contributed by atoms with E-state index in [4.69, 9.17) is 9.84 Å². The molecule has 0 bridgehead atoms. The standard InChI is InChI=1S/C30H37N3O4S/c1-4-6-7-22(5-2)30(34)28-26-19-38(35,36)27-16-20(3)8-13-25(27)29(26)33(32-28)23-11-9-21(10-12-23)17-24-18-31-14-15-37-24/h8-13,16,22,24,31H,4-7,14-15,17-19H2,1-3H3. The minimum absolute atomic E-state index is 0.0553. The van der Waals surface area contributed by atoms with Gasteiger partial charge in [0.15, 0.2) is 15.6 Å². The molecule has 202 valence electrons. The monoisotopic (exact) mass is 535 g/mol. The van der Waals surface area contributed by atoms with E-state index in [-0.39, 0.29) is 23.6 Å². The number of unbranched alkanes of at least 4 members (excludes halogenated alkanes) is 1. The number of carbonyl (C=O) groups excluding carboxylic acids is 1. The predicted octanol–water partition coefficient (Wildman–Crippen LogP) is 5.07. The number of carbonyl (C=O) groups is 1. The van der Waals surface area contributed by atoms with E-state index in [0.29, 0.717) is 33.8 Å². The van der Waals surface area contributed by atoms with Gasteiger partial charge in [-0.05, 0) is 55.5 Å². The largest absolute Gasteiger partial charge is 0.375 e. The van der Waals surface area contributed by atoms with Gasteiger partial charge in [0.1, 0.15) is 5.69 Å². The summed E-state index contributed by atoms with van der Waals surface area (Å²) in [6, 6.07) is 13.6. The minimum atomic E-state index is -3.60. The molecule has 2 unspecified atom stereocenters. The Morgan fingerprint density at radius 3 is 2.66 bits per heavy atom. The summed E-state index contributed by atoms with van der Waals surface area (Å²) >= 11 is 0. The lowest BCUT2D eigenvalue weighted by atomic mass is 9.91. The Labute approximate surface area is 225 Å². The van der Waals surface area contributed by atoms with Crippen molar-refractivity contribution in [3.05, 3.63) is 64.8 Å². The van der Waals surface area contributed by atoms with Crippen molar-refractivity contribution in [2.45, 2.75) is 69.6 Å². The number of ketones is 1. The van der Waals surface area contributed by atoms with Crippen LogP contribution in [0.1, 0.15) is 66.7 Å². The summed E-state index contributed by atoms with van der Waals surface area (Å²) in [7, 11) is -3.60. The van der Waals surface area contributed by atoms with E-state index >= 15 is 0 Å². The number of hydrogen-bond acceptors (Lipinski definition) is 6. The number of ether oxygens (including phenoxy) is 1. The number of rotatable bonds is 9. The second-order valence-corrected chi connectivity index (χ2v) is 12.5. The summed E-state index contributed by atoms with van der Waals surface area (Å²) in [5.74, 6) is -0.440. The van der Waals surface area contributed by atoms with Gasteiger partial charge >= 0.3 is 0 Å². The van der Waals surface area contributed by atoms with Crippen molar-refractivity contribution < 1.29 is 17.9 Å². The van der Waals surface area contributed by atoms with Crippen LogP contribution in [0.4, 0.5) is 0 Å². The van der Waals surface area contributed by atoms with Crippen LogP contribution in [0.2, 0.25) is 0 Å². The van der Waals surface area contributed by atoms with Gasteiger partial charge in [0, 0.05) is 30.1 Å². The zero-order chi connectivity index (χ0) is 26.9. The number of benzene rings is 2. The fraction of sp³-hybridized carbons (Fsp3) is 0.467. The van der Waals surface area contributed by atoms with Crippen molar-refractivity contribution in [2.75, 3.05) is 19.7 Å². The highest BCUT2D eigenvalue weighted by molar-refractivity contribution is 7.90. The number of morpholine rings is 1. The Kier molecular flexibility index (Phi) is 7.84. The van der Waals surface area contributed by atoms with E-state index in [1.165, 1.54) is 0 Å². The molecule has 1 saturated heterocycles. The van der Waals surface area contributed by atoms with E-state index in [1.54, 1.807) is 10.7 Å². The third-order valence-corrected chi connectivity index (χ3v) is 9.37. The molecule has 2 aliphatic heterocycles. The average Bonchev–Trinajstić information content (AvgIpc) is 3.28. The van der Waals surface area contributed by atoms with Crippen LogP contribution in [-0.2, 0) is 26.7 Å². The average molecular weight is 536 g/mol. The lowest BCUT2D eigenvalue weighted by Gasteiger charge is -2.23. The number of hydrogen-bond donors (Lipinski definition) is 1. The molecule has 2 aromatic carbocycles. The van der Waals surface area contributed by atoms with Gasteiger partial charge in [-0.25, -0.2) is 13.1 Å². The summed E-state index contributed by atoms with van der Waals surface area (Å²) in [4.78, 5) is 14.1. The minimum Gasteiger partial charge on any atom is -0.375 e. The topological polar surface area (TPSA) is 90.3 Å². The number of Topliss-reactive ketones (excluding diaryl/α,β-unsaturated/α-hetero) is 1. The summed E-state index contributed by atoms with van der Waals surface area (Å²) in [5, 5.41) is 8.21. The first-order valence-electron chi connectivity index (χ1n) is 13.7. The van der Waals surface area contributed by atoms with Crippen LogP contribution in [0.15, 0.2) is 47.4 Å². The van der Waals surface area contributed by atoms with Gasteiger partial charge < -0.3 is 10.1 Å². The highest BCUT2D eigenvalue weighted by atomic mass is 32.2. The van der Waals surface area contributed by atoms with Gasteiger partial charge in [0.05, 0.1) is 34.7 Å². The Hall–Kier alpha value is -2.81. The van der Waals surface area contributed by atoms with E-state index < -0.39 is 9.84 Å². The van der Waals surface area contributed by atoms with Crippen LogP contribution in [-0.4, -0.2) is 49.8 Å². The molecule has 0 radical (unpaired) electrons. The van der Waals surface area contributed by atoms with Gasteiger partial charge in [0.25, 0.3) is 0 Å². The first-order chi connectivity index (χ1) is 18.3. The molecule has 3 aromatic rings. The van der Waals surface area contributed by atoms with E-state index in [0.717, 1.165) is 62.2 Å². The lowest BCUT2D eigenvalue weighted by molar-refractivity contribution is 0.0292. The third kappa shape index (κ3) is 5.22. The highest BCUT2D eigenvalue weighted by Gasteiger charge is 2.37. The van der Waals surface area contributed by atoms with Crippen LogP contribution in [0, 0.1) is 12.8 Å². The molecule has 2 aliphatic rings. The zero-order valence-electron chi connectivity index (χ0n) is 22.5. The lowest BCUT2D eigenvalue weighted by Crippen LogP contribution is -2.39. The molecule has 0 amide bonds. The van der Waals surface area contributed by atoms with Crippen molar-refractivity contribution in [3.63, 3.8) is 0 Å². The summed E-state index contributed by atoms with van der Waals surface area (Å²) in [5.41, 5.74) is 4.97. The van der Waals surface area contributed by atoms with Crippen molar-refractivity contribution in [1.29, 1.82) is 0 Å². The number of nitrogens with one attached hydrogen (secondary N) is 1. The van der Waals surface area contributed by atoms with Gasteiger partial charge in [0.2, 0.25) is 0 Å². The number of fused-ring (bicyclic) bond motifs is 3. The van der Waals surface area contributed by atoms with Crippen LogP contribution in [0.3, 0.4) is 0 Å². The first kappa shape index (κ1) is 26.8. The molecule has 3 heterocycles. The molecule has 0 aliphatic carbocycles. The van der Waals surface area contributed by atoms with Gasteiger partial charge in [-0.3, -0.25) is 4.79 Å². The van der Waals surface area contributed by atoms with Crippen LogP contribution >= 0.6 is 0 Å². The smallest absolute Gasteiger partial charge is 0.186 e. The number of aryl methyl sites for hydroxylation is 1. The summed E-state index contributed by atoms with van der Waals surface area (Å²) < 4.78 is 34.4. The fourth-order valence-electron chi connectivity index (χ4n) is 5.55. The molecule has 8 heteroatoms. The highest BCUT2D eigenvalue weighted by Crippen LogP contribution is 2.42. The molecule has 7 nitrogen and oxygen atoms in total. The molecule has 2 atom stereocenters. The Morgan fingerprint density at radius 1 is 1.18 bits per heavy atom. The number of nitrogens with zero attached hydrogens (tertiary/aromatic N) is 2. The third-order valence-electron chi connectivity index (χ3n) is 7.70. The second-order valence-electron chi connectivity index (χ2n) is 10.5. The van der Waals surface area contributed by atoms with Gasteiger partial charge in [-0.1, -0.05) is 51.0 Å². The van der Waals surface area contributed by atoms with Crippen LogP contribution < -0.4 is 5.32 Å². The Morgan fingerprint density at radius 2 is 1.97 bits per heavy atom. The normalized spacial score (nSPS) is 19.0. The number of sulfone groups is 1. The summed E-state index contributed by atoms with van der Waals surface area (Å²) in [6.45, 7) is 8.45. The maximum Gasteiger partial charge on any atom is 0.186 e. The molecular weight excluding hydrogens is 498 g/mol. The van der Waals surface area contributed by atoms with Gasteiger partial charge in [-0.2, -0.15) is 5.10 Å². The quantitative estimate of drug-likeness (QED) is 0.385. The summed E-state index contributed by atoms with van der Waals surface area (Å²) in [6.07, 6.45) is 4.40.